The van der Waals surface area contributed by atoms with Crippen LogP contribution in [0, 0.1) is 6.92 Å². The van der Waals surface area contributed by atoms with E-state index < -0.39 is 5.97 Å². The van der Waals surface area contributed by atoms with Gasteiger partial charge in [-0.2, -0.15) is 0 Å². The number of hydrogen-bond acceptors (Lipinski definition) is 2. The van der Waals surface area contributed by atoms with Gasteiger partial charge in [0.25, 0.3) is 0 Å². The third-order valence-corrected chi connectivity index (χ3v) is 3.64. The average molecular weight is 298 g/mol. The zero-order chi connectivity index (χ0) is 16.3. The number of ether oxygens (including phenoxy) is 1. The minimum Gasteiger partial charge on any atom is -0.489 e. The predicted molar refractivity (Wildman–Crippen MR) is 87.6 cm³/mol. The lowest BCUT2D eigenvalue weighted by atomic mass is 9.86. The van der Waals surface area contributed by atoms with E-state index in [1.54, 1.807) is 24.3 Å². The van der Waals surface area contributed by atoms with Crippen LogP contribution in [0.2, 0.25) is 0 Å². The maximum Gasteiger partial charge on any atom is 0.335 e. The van der Waals surface area contributed by atoms with E-state index >= 15 is 0 Å². The number of carboxylic acids is 1. The molecule has 1 N–H and O–H groups in total. The molecule has 0 aliphatic carbocycles. The summed E-state index contributed by atoms with van der Waals surface area (Å²) < 4.78 is 5.84. The largest absolute Gasteiger partial charge is 0.489 e. The van der Waals surface area contributed by atoms with Crippen LogP contribution in [0.25, 0.3) is 0 Å². The molecule has 0 fully saturated rings. The molecule has 0 atom stereocenters. The van der Waals surface area contributed by atoms with Crippen LogP contribution in [0.15, 0.2) is 42.5 Å². The molecule has 2 aromatic rings. The first kappa shape index (κ1) is 16.1. The Kier molecular flexibility index (Phi) is 4.55. The fourth-order valence-electron chi connectivity index (χ4n) is 2.18. The summed E-state index contributed by atoms with van der Waals surface area (Å²) in [6.45, 7) is 9.03. The van der Waals surface area contributed by atoms with Crippen LogP contribution in [0.5, 0.6) is 5.75 Å². The van der Waals surface area contributed by atoms with E-state index in [1.165, 1.54) is 5.56 Å². The number of aryl methyl sites for hydroxylation is 1. The van der Waals surface area contributed by atoms with Crippen molar-refractivity contribution in [2.75, 3.05) is 0 Å². The highest BCUT2D eigenvalue weighted by atomic mass is 16.5. The molecule has 0 bridgehead atoms. The van der Waals surface area contributed by atoms with Crippen molar-refractivity contribution in [1.29, 1.82) is 0 Å². The van der Waals surface area contributed by atoms with Crippen molar-refractivity contribution in [3.05, 3.63) is 64.7 Å². The van der Waals surface area contributed by atoms with Crippen LogP contribution in [0.4, 0.5) is 0 Å². The van der Waals surface area contributed by atoms with Crippen molar-refractivity contribution in [2.45, 2.75) is 39.7 Å². The molecule has 0 unspecified atom stereocenters. The first-order valence-electron chi connectivity index (χ1n) is 7.33. The van der Waals surface area contributed by atoms with Gasteiger partial charge in [-0.3, -0.25) is 0 Å². The first-order chi connectivity index (χ1) is 10.3. The van der Waals surface area contributed by atoms with Gasteiger partial charge in [0.15, 0.2) is 0 Å². The SMILES string of the molecule is Cc1cc(C(C)(C)C)ccc1OCc1ccc(C(=O)O)cc1. The van der Waals surface area contributed by atoms with Crippen molar-refractivity contribution in [3.8, 4) is 5.75 Å². The monoisotopic (exact) mass is 298 g/mol. The third kappa shape index (κ3) is 3.88. The number of aromatic carboxylic acids is 1. The predicted octanol–water partition coefficient (Wildman–Crippen LogP) is 4.57. The van der Waals surface area contributed by atoms with Gasteiger partial charge in [-0.15, -0.1) is 0 Å². The van der Waals surface area contributed by atoms with Gasteiger partial charge >= 0.3 is 5.97 Å². The number of hydrogen-bond donors (Lipinski definition) is 1. The quantitative estimate of drug-likeness (QED) is 0.899. The Balaban J connectivity index is 2.07. The van der Waals surface area contributed by atoms with Gasteiger partial charge < -0.3 is 9.84 Å². The molecule has 0 spiro atoms. The number of benzene rings is 2. The Morgan fingerprint density at radius 3 is 2.23 bits per heavy atom. The summed E-state index contributed by atoms with van der Waals surface area (Å²) in [5.41, 5.74) is 3.74. The lowest BCUT2D eigenvalue weighted by molar-refractivity contribution is 0.0697. The Morgan fingerprint density at radius 1 is 1.09 bits per heavy atom. The topological polar surface area (TPSA) is 46.5 Å². The fourth-order valence-corrected chi connectivity index (χ4v) is 2.18. The van der Waals surface area contributed by atoms with Gasteiger partial charge in [0.1, 0.15) is 12.4 Å². The summed E-state index contributed by atoms with van der Waals surface area (Å²) in [7, 11) is 0. The molecule has 0 saturated carbocycles. The van der Waals surface area contributed by atoms with Crippen molar-refractivity contribution >= 4 is 5.97 Å². The van der Waals surface area contributed by atoms with Gasteiger partial charge in [0.05, 0.1) is 5.56 Å². The van der Waals surface area contributed by atoms with Crippen molar-refractivity contribution in [1.82, 2.24) is 0 Å². The van der Waals surface area contributed by atoms with Gasteiger partial charge in [0.2, 0.25) is 0 Å². The van der Waals surface area contributed by atoms with Gasteiger partial charge in [0, 0.05) is 0 Å². The van der Waals surface area contributed by atoms with E-state index in [0.29, 0.717) is 6.61 Å². The Labute approximate surface area is 131 Å². The molecule has 0 aliphatic rings. The average Bonchev–Trinajstić information content (AvgIpc) is 2.45. The molecule has 0 aromatic heterocycles. The summed E-state index contributed by atoms with van der Waals surface area (Å²) in [4.78, 5) is 10.8. The second kappa shape index (κ2) is 6.22. The van der Waals surface area contributed by atoms with Crippen LogP contribution in [0.3, 0.4) is 0 Å². The summed E-state index contributed by atoms with van der Waals surface area (Å²) in [6, 6.07) is 13.0. The number of carboxylic acid groups (broad SMARTS) is 1. The lowest BCUT2D eigenvalue weighted by Gasteiger charge is -2.20. The molecule has 0 amide bonds. The Bertz CT molecular complexity index is 664. The Hall–Kier alpha value is -2.29. The zero-order valence-corrected chi connectivity index (χ0v) is 13.5. The number of carbonyl (C=O) groups is 1. The van der Waals surface area contributed by atoms with E-state index in [1.807, 2.05) is 13.0 Å². The molecule has 22 heavy (non-hydrogen) atoms. The van der Waals surface area contributed by atoms with E-state index in [4.69, 9.17) is 9.84 Å². The molecule has 0 heterocycles. The molecule has 0 saturated heterocycles. The minimum absolute atomic E-state index is 0.121. The maximum atomic E-state index is 10.8. The van der Waals surface area contributed by atoms with Crippen molar-refractivity contribution in [3.63, 3.8) is 0 Å². The van der Waals surface area contributed by atoms with Crippen LogP contribution < -0.4 is 4.74 Å². The molecule has 116 valence electrons. The maximum absolute atomic E-state index is 10.8. The fraction of sp³-hybridized carbons (Fsp3) is 0.316. The standard InChI is InChI=1S/C19H22O3/c1-13-11-16(19(2,3)4)9-10-17(13)22-12-14-5-7-15(8-6-14)18(20)21/h5-11H,12H2,1-4H3,(H,20,21). The second-order valence-electron chi connectivity index (χ2n) is 6.52. The van der Waals surface area contributed by atoms with E-state index in [2.05, 4.69) is 32.9 Å². The van der Waals surface area contributed by atoms with Gasteiger partial charge in [-0.25, -0.2) is 4.79 Å². The van der Waals surface area contributed by atoms with Crippen molar-refractivity contribution < 1.29 is 14.6 Å². The summed E-state index contributed by atoms with van der Waals surface area (Å²) in [6.07, 6.45) is 0. The molecule has 2 rings (SSSR count). The molecule has 2 aromatic carbocycles. The van der Waals surface area contributed by atoms with Crippen molar-refractivity contribution in [2.24, 2.45) is 0 Å². The first-order valence-corrected chi connectivity index (χ1v) is 7.33. The van der Waals surface area contributed by atoms with Crippen LogP contribution in [-0.2, 0) is 12.0 Å². The highest BCUT2D eigenvalue weighted by Gasteiger charge is 2.14. The normalized spacial score (nSPS) is 11.3. The molecule has 3 nitrogen and oxygen atoms in total. The molecular formula is C19H22O3. The van der Waals surface area contributed by atoms with E-state index in [9.17, 15) is 4.79 Å². The van der Waals surface area contributed by atoms with Crippen LogP contribution in [0.1, 0.15) is 47.8 Å². The molecule has 0 aliphatic heterocycles. The summed E-state index contributed by atoms with van der Waals surface area (Å²) in [5.74, 6) is -0.0589. The smallest absolute Gasteiger partial charge is 0.335 e. The van der Waals surface area contributed by atoms with E-state index in [-0.39, 0.29) is 11.0 Å². The lowest BCUT2D eigenvalue weighted by Crippen LogP contribution is -2.11. The Morgan fingerprint density at radius 2 is 1.73 bits per heavy atom. The summed E-state index contributed by atoms with van der Waals surface area (Å²) in [5, 5.41) is 8.88. The third-order valence-electron chi connectivity index (χ3n) is 3.64. The minimum atomic E-state index is -0.916. The highest BCUT2D eigenvalue weighted by Crippen LogP contribution is 2.27. The molecule has 3 heteroatoms. The van der Waals surface area contributed by atoms with Gasteiger partial charge in [-0.05, 0) is 47.2 Å². The summed E-state index contributed by atoms with van der Waals surface area (Å²) >= 11 is 0. The van der Waals surface area contributed by atoms with Crippen LogP contribution in [-0.4, -0.2) is 11.1 Å². The zero-order valence-electron chi connectivity index (χ0n) is 13.5. The number of rotatable bonds is 4. The molecular weight excluding hydrogens is 276 g/mol. The van der Waals surface area contributed by atoms with E-state index in [0.717, 1.165) is 16.9 Å². The second-order valence-corrected chi connectivity index (χ2v) is 6.52. The van der Waals surface area contributed by atoms with Gasteiger partial charge in [-0.1, -0.05) is 45.0 Å². The highest BCUT2D eigenvalue weighted by molar-refractivity contribution is 5.87. The van der Waals surface area contributed by atoms with Crippen LogP contribution >= 0.6 is 0 Å². The molecule has 0 radical (unpaired) electrons.